The Kier molecular flexibility index (Phi) is 8.21. The number of rotatable bonds is 9. The van der Waals surface area contributed by atoms with Crippen LogP contribution in [0.2, 0.25) is 0 Å². The molecule has 0 aromatic heterocycles. The molecular formula is C16H30O2. The predicted octanol–water partition coefficient (Wildman–Crippen LogP) is 3.40. The van der Waals surface area contributed by atoms with Crippen molar-refractivity contribution < 1.29 is 10.2 Å². The second-order valence-electron chi connectivity index (χ2n) is 5.85. The minimum Gasteiger partial charge on any atom is -0.392 e. The van der Waals surface area contributed by atoms with Crippen LogP contribution >= 0.6 is 0 Å². The molecule has 0 unspecified atom stereocenters. The molecule has 0 amide bonds. The standard InChI is InChI=1S/C16H30O2/c1-7-13(15(17)11(3)4)9-10-14(8-2)16(18)12(5)6/h7-8,11-18H,1-2,9-10H2,3-6H3/t13-,14+,15+,16-. The molecule has 0 aromatic rings. The molecule has 0 aliphatic carbocycles. The normalized spacial score (nSPS) is 18.4. The van der Waals surface area contributed by atoms with Crippen molar-refractivity contribution in [2.75, 3.05) is 0 Å². The summed E-state index contributed by atoms with van der Waals surface area (Å²) in [5, 5.41) is 20.1. The molecule has 0 spiro atoms. The summed E-state index contributed by atoms with van der Waals surface area (Å²) in [7, 11) is 0. The highest BCUT2D eigenvalue weighted by Gasteiger charge is 2.23. The Morgan fingerprint density at radius 2 is 1.06 bits per heavy atom. The zero-order valence-electron chi connectivity index (χ0n) is 12.3. The van der Waals surface area contributed by atoms with Gasteiger partial charge in [0.1, 0.15) is 0 Å². The average molecular weight is 254 g/mol. The van der Waals surface area contributed by atoms with Crippen LogP contribution < -0.4 is 0 Å². The molecule has 0 rings (SSSR count). The zero-order chi connectivity index (χ0) is 14.3. The van der Waals surface area contributed by atoms with Crippen molar-refractivity contribution in [1.29, 1.82) is 0 Å². The summed E-state index contributed by atoms with van der Waals surface area (Å²) in [6, 6.07) is 0. The van der Waals surface area contributed by atoms with E-state index < -0.39 is 0 Å². The third-order valence-electron chi connectivity index (χ3n) is 3.68. The van der Waals surface area contributed by atoms with Crippen LogP contribution in [0.5, 0.6) is 0 Å². The second kappa shape index (κ2) is 8.49. The van der Waals surface area contributed by atoms with Crippen LogP contribution in [0.1, 0.15) is 40.5 Å². The maximum absolute atomic E-state index is 10.1. The van der Waals surface area contributed by atoms with Crippen LogP contribution in [-0.2, 0) is 0 Å². The largest absolute Gasteiger partial charge is 0.392 e. The fourth-order valence-corrected chi connectivity index (χ4v) is 2.23. The van der Waals surface area contributed by atoms with Crippen molar-refractivity contribution in [3.8, 4) is 0 Å². The molecule has 0 heterocycles. The molecule has 0 saturated carbocycles. The van der Waals surface area contributed by atoms with Crippen LogP contribution in [0, 0.1) is 23.7 Å². The first-order valence-corrected chi connectivity index (χ1v) is 6.96. The molecule has 0 bridgehead atoms. The molecule has 0 aromatic carbocycles. The van der Waals surface area contributed by atoms with Gasteiger partial charge >= 0.3 is 0 Å². The number of aliphatic hydroxyl groups excluding tert-OH is 2. The maximum Gasteiger partial charge on any atom is 0.0625 e. The van der Waals surface area contributed by atoms with Gasteiger partial charge in [0.25, 0.3) is 0 Å². The smallest absolute Gasteiger partial charge is 0.0625 e. The highest BCUT2D eigenvalue weighted by atomic mass is 16.3. The minimum atomic E-state index is -0.357. The van der Waals surface area contributed by atoms with Gasteiger partial charge in [0, 0.05) is 11.8 Å². The molecule has 2 nitrogen and oxygen atoms in total. The monoisotopic (exact) mass is 254 g/mol. The quantitative estimate of drug-likeness (QED) is 0.619. The van der Waals surface area contributed by atoms with E-state index in [2.05, 4.69) is 13.2 Å². The van der Waals surface area contributed by atoms with E-state index in [1.807, 2.05) is 39.8 Å². The highest BCUT2D eigenvalue weighted by Crippen LogP contribution is 2.25. The van der Waals surface area contributed by atoms with Crippen molar-refractivity contribution in [1.82, 2.24) is 0 Å². The van der Waals surface area contributed by atoms with E-state index in [1.165, 1.54) is 0 Å². The van der Waals surface area contributed by atoms with E-state index >= 15 is 0 Å². The summed E-state index contributed by atoms with van der Waals surface area (Å²) in [4.78, 5) is 0. The van der Waals surface area contributed by atoms with Crippen molar-refractivity contribution in [3.05, 3.63) is 25.3 Å². The first-order chi connectivity index (χ1) is 8.34. The van der Waals surface area contributed by atoms with Crippen molar-refractivity contribution in [2.45, 2.75) is 52.7 Å². The second-order valence-corrected chi connectivity index (χ2v) is 5.85. The van der Waals surface area contributed by atoms with E-state index in [1.54, 1.807) is 0 Å². The van der Waals surface area contributed by atoms with Gasteiger partial charge in [-0.1, -0.05) is 39.8 Å². The topological polar surface area (TPSA) is 40.5 Å². The van der Waals surface area contributed by atoms with Crippen LogP contribution in [0.4, 0.5) is 0 Å². The van der Waals surface area contributed by atoms with Gasteiger partial charge in [0.05, 0.1) is 12.2 Å². The zero-order valence-corrected chi connectivity index (χ0v) is 12.3. The third-order valence-corrected chi connectivity index (χ3v) is 3.68. The molecule has 18 heavy (non-hydrogen) atoms. The molecule has 0 aliphatic rings. The summed E-state index contributed by atoms with van der Waals surface area (Å²) in [6.07, 6.45) is 4.61. The Labute approximate surface area is 112 Å². The molecular weight excluding hydrogens is 224 g/mol. The van der Waals surface area contributed by atoms with Gasteiger partial charge in [-0.3, -0.25) is 0 Å². The van der Waals surface area contributed by atoms with E-state index in [0.717, 1.165) is 12.8 Å². The Morgan fingerprint density at radius 1 is 0.778 bits per heavy atom. The molecule has 0 fully saturated rings. The molecule has 0 radical (unpaired) electrons. The summed E-state index contributed by atoms with van der Waals surface area (Å²) in [6.45, 7) is 15.6. The molecule has 2 heteroatoms. The molecule has 4 atom stereocenters. The fraction of sp³-hybridized carbons (Fsp3) is 0.750. The summed E-state index contributed by atoms with van der Waals surface area (Å²) in [5.74, 6) is 0.633. The average Bonchev–Trinajstić information content (AvgIpc) is 2.33. The minimum absolute atomic E-state index is 0.0896. The summed E-state index contributed by atoms with van der Waals surface area (Å²) >= 11 is 0. The van der Waals surface area contributed by atoms with E-state index in [4.69, 9.17) is 0 Å². The predicted molar refractivity (Wildman–Crippen MR) is 78.3 cm³/mol. The molecule has 106 valence electrons. The summed E-state index contributed by atoms with van der Waals surface area (Å²) < 4.78 is 0. The molecule has 0 saturated heterocycles. The summed E-state index contributed by atoms with van der Waals surface area (Å²) in [5.41, 5.74) is 0. The van der Waals surface area contributed by atoms with Crippen LogP contribution in [0.3, 0.4) is 0 Å². The Balaban J connectivity index is 4.41. The van der Waals surface area contributed by atoms with Gasteiger partial charge in [0.15, 0.2) is 0 Å². The lowest BCUT2D eigenvalue weighted by Gasteiger charge is -2.27. The first kappa shape index (κ1) is 17.4. The third kappa shape index (κ3) is 5.36. The number of hydrogen-bond acceptors (Lipinski definition) is 2. The van der Waals surface area contributed by atoms with Gasteiger partial charge in [-0.15, -0.1) is 13.2 Å². The van der Waals surface area contributed by atoms with Gasteiger partial charge in [-0.05, 0) is 24.7 Å². The van der Waals surface area contributed by atoms with Gasteiger partial charge in [-0.25, -0.2) is 0 Å². The van der Waals surface area contributed by atoms with E-state index in [9.17, 15) is 10.2 Å². The lowest BCUT2D eigenvalue weighted by molar-refractivity contribution is 0.0590. The van der Waals surface area contributed by atoms with Crippen molar-refractivity contribution >= 4 is 0 Å². The number of hydrogen-bond donors (Lipinski definition) is 2. The van der Waals surface area contributed by atoms with Crippen LogP contribution in [-0.4, -0.2) is 22.4 Å². The van der Waals surface area contributed by atoms with E-state index in [-0.39, 0.29) is 35.9 Å². The van der Waals surface area contributed by atoms with Gasteiger partial charge in [-0.2, -0.15) is 0 Å². The van der Waals surface area contributed by atoms with Crippen LogP contribution in [0.25, 0.3) is 0 Å². The SMILES string of the molecule is C=C[C@H](CC[C@H](C=C)[C@H](O)C(C)C)[C@@H](O)C(C)C. The molecule has 0 aliphatic heterocycles. The first-order valence-electron chi connectivity index (χ1n) is 6.96. The van der Waals surface area contributed by atoms with Crippen LogP contribution in [0.15, 0.2) is 25.3 Å². The van der Waals surface area contributed by atoms with Crippen molar-refractivity contribution in [3.63, 3.8) is 0 Å². The van der Waals surface area contributed by atoms with Gasteiger partial charge < -0.3 is 10.2 Å². The lowest BCUT2D eigenvalue weighted by Crippen LogP contribution is -2.28. The molecule has 2 N–H and O–H groups in total. The maximum atomic E-state index is 10.1. The number of aliphatic hydroxyl groups is 2. The highest BCUT2D eigenvalue weighted by molar-refractivity contribution is 4.91. The Morgan fingerprint density at radius 3 is 1.22 bits per heavy atom. The van der Waals surface area contributed by atoms with E-state index in [0.29, 0.717) is 0 Å². The Hall–Kier alpha value is -0.600. The van der Waals surface area contributed by atoms with Crippen molar-refractivity contribution in [2.24, 2.45) is 23.7 Å². The lowest BCUT2D eigenvalue weighted by atomic mass is 9.83. The fourth-order valence-electron chi connectivity index (χ4n) is 2.23. The van der Waals surface area contributed by atoms with Gasteiger partial charge in [0.2, 0.25) is 0 Å². The Bertz CT molecular complexity index is 219.